The lowest BCUT2D eigenvalue weighted by molar-refractivity contribution is -0.148. The van der Waals surface area contributed by atoms with Crippen molar-refractivity contribution in [2.45, 2.75) is 136 Å². The molecule has 0 aliphatic carbocycles. The molecule has 340 valence electrons. The molecule has 4 amide bonds. The van der Waals surface area contributed by atoms with Crippen molar-refractivity contribution in [1.82, 2.24) is 25.3 Å². The van der Waals surface area contributed by atoms with E-state index in [1.807, 2.05) is 90.7 Å². The maximum absolute atomic E-state index is 14.5. The number of carboxylic acids is 1. The Kier molecular flexibility index (Phi) is 21.9. The molecular formula is C45H76N6O9. The lowest BCUT2D eigenvalue weighted by atomic mass is 9.85. The number of methoxy groups -OCH3 is 2. The third-order valence-corrected chi connectivity index (χ3v) is 12.2. The number of benzene rings is 1. The van der Waals surface area contributed by atoms with Crippen LogP contribution in [-0.4, -0.2) is 146 Å². The Bertz CT molecular complexity index is 1540. The molecule has 1 saturated heterocycles. The first-order valence-electron chi connectivity index (χ1n) is 21.6. The summed E-state index contributed by atoms with van der Waals surface area (Å²) in [6.45, 7) is 15.9. The van der Waals surface area contributed by atoms with Crippen LogP contribution in [-0.2, 0) is 44.7 Å². The van der Waals surface area contributed by atoms with Gasteiger partial charge in [0.1, 0.15) is 11.8 Å². The predicted molar refractivity (Wildman–Crippen MR) is 232 cm³/mol. The number of aliphatic carboxylic acids is 1. The van der Waals surface area contributed by atoms with E-state index in [4.69, 9.17) is 15.2 Å². The maximum Gasteiger partial charge on any atom is 0.307 e. The molecule has 1 aliphatic rings. The number of hydrogen-bond acceptors (Lipinski definition) is 10. The van der Waals surface area contributed by atoms with Gasteiger partial charge in [0, 0.05) is 52.7 Å². The quantitative estimate of drug-likeness (QED) is 0.107. The summed E-state index contributed by atoms with van der Waals surface area (Å²) in [5.41, 5.74) is 6.30. The van der Waals surface area contributed by atoms with Gasteiger partial charge in [-0.25, -0.2) is 0 Å². The molecule has 1 aromatic rings. The monoisotopic (exact) mass is 845 g/mol. The Morgan fingerprint density at radius 2 is 1.55 bits per heavy atom. The summed E-state index contributed by atoms with van der Waals surface area (Å²) in [6.07, 6.45) is 0.699. The van der Waals surface area contributed by atoms with Gasteiger partial charge in [0.15, 0.2) is 0 Å². The number of carbonyl (C=O) groups is 6. The zero-order valence-corrected chi connectivity index (χ0v) is 38.3. The average Bonchev–Trinajstić information content (AvgIpc) is 3.68. The molecule has 5 N–H and O–H groups in total. The number of ether oxygens (including phenoxy) is 2. The molecule has 10 atom stereocenters. The number of nitrogens with one attached hydrogen (secondary N) is 2. The lowest BCUT2D eigenvalue weighted by Crippen LogP contribution is -2.60. The van der Waals surface area contributed by atoms with Gasteiger partial charge in [-0.1, -0.05) is 85.2 Å². The highest BCUT2D eigenvalue weighted by Crippen LogP contribution is 2.31. The number of likely N-dealkylation sites (N-methyl/N-ethyl adjacent to an activating group) is 2. The number of nitrogens with two attached hydrogens (primary N) is 1. The minimum absolute atomic E-state index is 0.0334. The molecule has 0 radical (unpaired) electrons. The first-order chi connectivity index (χ1) is 28.2. The molecule has 1 aromatic carbocycles. The van der Waals surface area contributed by atoms with E-state index >= 15 is 0 Å². The molecule has 60 heavy (non-hydrogen) atoms. The van der Waals surface area contributed by atoms with Gasteiger partial charge in [-0.05, 0) is 56.6 Å². The summed E-state index contributed by atoms with van der Waals surface area (Å²) in [6, 6.07) is 6.56. The fourth-order valence-corrected chi connectivity index (χ4v) is 8.82. The van der Waals surface area contributed by atoms with Crippen molar-refractivity contribution in [3.8, 4) is 0 Å². The second-order valence-electron chi connectivity index (χ2n) is 17.5. The summed E-state index contributed by atoms with van der Waals surface area (Å²) in [4.78, 5) is 85.7. The van der Waals surface area contributed by atoms with Crippen molar-refractivity contribution < 1.29 is 43.3 Å². The largest absolute Gasteiger partial charge is 0.481 e. The molecule has 1 heterocycles. The molecular weight excluding hydrogens is 769 g/mol. The van der Waals surface area contributed by atoms with Crippen LogP contribution >= 0.6 is 0 Å². The number of rotatable bonds is 26. The minimum Gasteiger partial charge on any atom is -0.481 e. The van der Waals surface area contributed by atoms with Gasteiger partial charge in [0.2, 0.25) is 23.6 Å². The molecule has 15 heteroatoms. The number of carboxylic acid groups (broad SMARTS) is 1. The third-order valence-electron chi connectivity index (χ3n) is 12.2. The highest BCUT2D eigenvalue weighted by molar-refractivity contribution is 5.90. The van der Waals surface area contributed by atoms with Crippen molar-refractivity contribution in [2.24, 2.45) is 35.3 Å². The first-order valence-corrected chi connectivity index (χ1v) is 21.6. The summed E-state index contributed by atoms with van der Waals surface area (Å²) >= 11 is 0. The van der Waals surface area contributed by atoms with E-state index in [9.17, 15) is 33.9 Å². The predicted octanol–water partition coefficient (Wildman–Crippen LogP) is 3.37. The van der Waals surface area contributed by atoms with Crippen LogP contribution in [0.4, 0.5) is 0 Å². The van der Waals surface area contributed by atoms with E-state index in [0.29, 0.717) is 32.4 Å². The minimum atomic E-state index is -1.04. The average molecular weight is 845 g/mol. The van der Waals surface area contributed by atoms with Crippen LogP contribution in [0, 0.1) is 29.6 Å². The van der Waals surface area contributed by atoms with Gasteiger partial charge in [0.25, 0.3) is 0 Å². The van der Waals surface area contributed by atoms with Crippen LogP contribution in [0.15, 0.2) is 30.3 Å². The first kappa shape index (κ1) is 52.2. The van der Waals surface area contributed by atoms with Crippen LogP contribution in [0.3, 0.4) is 0 Å². The number of carbonyl (C=O) groups excluding carboxylic acids is 5. The fraction of sp³-hybridized carbons (Fsp3) is 0.733. The number of ketones is 1. The molecule has 15 nitrogen and oxygen atoms in total. The van der Waals surface area contributed by atoms with Crippen molar-refractivity contribution in [3.05, 3.63) is 35.9 Å². The van der Waals surface area contributed by atoms with E-state index in [2.05, 4.69) is 10.6 Å². The Morgan fingerprint density at radius 3 is 2.07 bits per heavy atom. The van der Waals surface area contributed by atoms with Gasteiger partial charge in [-0.2, -0.15) is 0 Å². The van der Waals surface area contributed by atoms with E-state index in [1.54, 1.807) is 23.8 Å². The smallest absolute Gasteiger partial charge is 0.307 e. The molecule has 2 rings (SSSR count). The van der Waals surface area contributed by atoms with E-state index in [1.165, 1.54) is 14.2 Å². The van der Waals surface area contributed by atoms with Gasteiger partial charge in [-0.3, -0.25) is 33.7 Å². The zero-order valence-electron chi connectivity index (χ0n) is 38.3. The highest BCUT2D eigenvalue weighted by Gasteiger charge is 2.43. The fourth-order valence-electron chi connectivity index (χ4n) is 8.82. The molecule has 0 unspecified atom stereocenters. The molecule has 0 saturated carbocycles. The zero-order chi connectivity index (χ0) is 45.4. The van der Waals surface area contributed by atoms with Crippen LogP contribution in [0.25, 0.3) is 0 Å². The van der Waals surface area contributed by atoms with Crippen LogP contribution in [0.2, 0.25) is 0 Å². The number of hydrogen-bond donors (Lipinski definition) is 4. The van der Waals surface area contributed by atoms with E-state index in [-0.39, 0.29) is 79.0 Å². The highest BCUT2D eigenvalue weighted by atomic mass is 16.5. The Labute approximate surface area is 358 Å². The number of amides is 4. The molecule has 0 bridgehead atoms. The number of nitrogens with zero attached hydrogens (tertiary/aromatic N) is 3. The van der Waals surface area contributed by atoms with Crippen molar-refractivity contribution >= 4 is 35.4 Å². The normalized spacial score (nSPS) is 18.9. The molecule has 0 aromatic heterocycles. The Hall–Kier alpha value is -3.92. The van der Waals surface area contributed by atoms with Gasteiger partial charge in [0.05, 0.1) is 49.2 Å². The van der Waals surface area contributed by atoms with Crippen LogP contribution in [0.5, 0.6) is 0 Å². The number of Topliss-reactive ketones (excluding diaryl/α,β-unsaturated/α-hetero) is 1. The summed E-state index contributed by atoms with van der Waals surface area (Å²) < 4.78 is 12.0. The van der Waals surface area contributed by atoms with E-state index in [0.717, 1.165) is 5.56 Å². The lowest BCUT2D eigenvalue weighted by Gasteiger charge is -2.41. The Morgan fingerprint density at radius 1 is 0.917 bits per heavy atom. The van der Waals surface area contributed by atoms with Crippen molar-refractivity contribution in [1.29, 1.82) is 0 Å². The van der Waals surface area contributed by atoms with Gasteiger partial charge >= 0.3 is 5.97 Å². The van der Waals surface area contributed by atoms with Crippen LogP contribution < -0.4 is 16.4 Å². The van der Waals surface area contributed by atoms with Crippen molar-refractivity contribution in [2.75, 3.05) is 47.9 Å². The maximum atomic E-state index is 14.5. The van der Waals surface area contributed by atoms with E-state index < -0.39 is 54.2 Å². The topological polar surface area (TPSA) is 201 Å². The SMILES string of the molecule is CC[C@H](C)[C@@H]([C@@H](CC(=O)N1CCC[C@H]1[C@H](OC)[C@@H](C)C(=O)C[C@@H](Cc1ccccc1)C(=O)O)OC)N(C)C(=O)[C@@H](NC(=O)[C@H](C(C)C)N(C)C[C@H](C)NC(=O)CN)C(C)C. The summed E-state index contributed by atoms with van der Waals surface area (Å²) in [7, 11) is 6.55. The summed E-state index contributed by atoms with van der Waals surface area (Å²) in [5.74, 6) is -4.39. The molecule has 0 spiro atoms. The molecule has 1 aliphatic heterocycles. The number of likely N-dealkylation sites (tertiary alicyclic amines) is 1. The summed E-state index contributed by atoms with van der Waals surface area (Å²) in [5, 5.41) is 15.8. The third kappa shape index (κ3) is 14.6. The second-order valence-corrected chi connectivity index (χ2v) is 17.5. The van der Waals surface area contributed by atoms with Crippen LogP contribution in [0.1, 0.15) is 93.1 Å². The van der Waals surface area contributed by atoms with Gasteiger partial charge < -0.3 is 40.7 Å². The van der Waals surface area contributed by atoms with Crippen molar-refractivity contribution in [3.63, 3.8) is 0 Å². The molecule has 1 fully saturated rings. The Balaban J connectivity index is 2.28. The second kappa shape index (κ2) is 25.1. The van der Waals surface area contributed by atoms with Gasteiger partial charge in [-0.15, -0.1) is 0 Å². The standard InChI is InChI=1S/C45H76N6O9/c1-13-29(6)41(50(10)44(56)39(27(2)3)48-43(55)40(28(4)5)49(9)26-30(7)47-37(53)25-46)36(59-11)24-38(54)51-21-17-20-34(51)42(60-12)31(8)35(52)23-33(45(57)58)22-32-18-15-14-16-19-32/h14-16,18-19,27-31,33-34,36,39-42H,13,17,20-26,46H2,1-12H3,(H,47,53)(H,48,55)(H,57,58)/t29-,30-,31-,33+,34-,36+,39-,40-,41-,42+/m0/s1.